The van der Waals surface area contributed by atoms with Crippen molar-refractivity contribution in [2.24, 2.45) is 11.8 Å². The molecule has 1 aliphatic heterocycles. The molecule has 3 aliphatic carbocycles. The standard InChI is InChI=1S/C31H35F3N2O9/c32-30(33,34)17-42-26(39)9-4-18-2-1-3-19(14-18)29(41)43-23-15-20(28(40)36-11-10-25(38)35-12-13-37)16-24-27(23)45-31(44-24,21-5-6-21)22-7-8-22/h1-4,9,14,16,21-24,27,37H,5-8,10-13,15,17H2,(H,35,38)(H,36,40)/t23-,24-,27+/m1/s1. The number of aliphatic hydroxyl groups is 1. The largest absolute Gasteiger partial charge is 0.456 e. The summed E-state index contributed by atoms with van der Waals surface area (Å²) < 4.78 is 60.0. The number of benzene rings is 1. The second kappa shape index (κ2) is 13.7. The summed E-state index contributed by atoms with van der Waals surface area (Å²) in [5.41, 5.74) is 0.783. The van der Waals surface area contributed by atoms with Gasteiger partial charge in [-0.25, -0.2) is 9.59 Å². The Morgan fingerprint density at radius 2 is 1.78 bits per heavy atom. The molecule has 3 fully saturated rings. The van der Waals surface area contributed by atoms with E-state index in [4.69, 9.17) is 19.3 Å². The molecule has 0 aromatic heterocycles. The molecule has 0 spiro atoms. The third kappa shape index (κ3) is 8.50. The van der Waals surface area contributed by atoms with Crippen LogP contribution in [0.15, 0.2) is 42.0 Å². The van der Waals surface area contributed by atoms with Crippen LogP contribution in [0.4, 0.5) is 13.2 Å². The van der Waals surface area contributed by atoms with Crippen LogP contribution in [0, 0.1) is 11.8 Å². The zero-order valence-corrected chi connectivity index (χ0v) is 24.3. The zero-order valence-electron chi connectivity index (χ0n) is 24.3. The molecule has 0 radical (unpaired) electrons. The minimum atomic E-state index is -4.65. The van der Waals surface area contributed by atoms with E-state index in [-0.39, 0.29) is 55.8 Å². The van der Waals surface area contributed by atoms with Crippen LogP contribution in [-0.2, 0) is 33.3 Å². The van der Waals surface area contributed by atoms with Crippen molar-refractivity contribution in [1.82, 2.24) is 10.6 Å². The molecule has 45 heavy (non-hydrogen) atoms. The van der Waals surface area contributed by atoms with Gasteiger partial charge in [0, 0.05) is 49.4 Å². The van der Waals surface area contributed by atoms with Crippen molar-refractivity contribution in [3.8, 4) is 0 Å². The molecule has 244 valence electrons. The number of aliphatic hydroxyl groups excluding tert-OH is 1. The molecular weight excluding hydrogens is 601 g/mol. The Morgan fingerprint density at radius 3 is 2.44 bits per heavy atom. The van der Waals surface area contributed by atoms with Gasteiger partial charge in [0.2, 0.25) is 11.8 Å². The van der Waals surface area contributed by atoms with E-state index >= 15 is 0 Å². The molecule has 3 N–H and O–H groups in total. The van der Waals surface area contributed by atoms with Crippen LogP contribution in [0.5, 0.6) is 0 Å². The molecule has 11 nitrogen and oxygen atoms in total. The fourth-order valence-electron chi connectivity index (χ4n) is 5.60. The molecule has 2 amide bonds. The van der Waals surface area contributed by atoms with E-state index in [0.29, 0.717) is 11.1 Å². The lowest BCUT2D eigenvalue weighted by atomic mass is 9.91. The van der Waals surface area contributed by atoms with Gasteiger partial charge in [0.25, 0.3) is 0 Å². The van der Waals surface area contributed by atoms with Gasteiger partial charge < -0.3 is 34.7 Å². The maximum absolute atomic E-state index is 13.3. The number of alkyl halides is 3. The second-order valence-corrected chi connectivity index (χ2v) is 11.5. The van der Waals surface area contributed by atoms with E-state index in [1.165, 1.54) is 24.3 Å². The van der Waals surface area contributed by atoms with Gasteiger partial charge in [0.15, 0.2) is 12.4 Å². The van der Waals surface area contributed by atoms with E-state index < -0.39 is 54.7 Å². The molecule has 1 aromatic carbocycles. The van der Waals surface area contributed by atoms with Gasteiger partial charge in [-0.2, -0.15) is 13.2 Å². The monoisotopic (exact) mass is 636 g/mol. The van der Waals surface area contributed by atoms with Crippen molar-refractivity contribution in [3.63, 3.8) is 0 Å². The van der Waals surface area contributed by atoms with Gasteiger partial charge in [-0.05, 0) is 55.5 Å². The molecule has 0 bridgehead atoms. The lowest BCUT2D eigenvalue weighted by molar-refractivity contribution is -0.209. The molecule has 2 saturated carbocycles. The molecule has 5 rings (SSSR count). The van der Waals surface area contributed by atoms with Crippen LogP contribution in [-0.4, -0.2) is 85.4 Å². The number of nitrogens with one attached hydrogen (secondary N) is 2. The number of ether oxygens (including phenoxy) is 4. The quantitative estimate of drug-likeness (QED) is 0.219. The number of hydrogen-bond acceptors (Lipinski definition) is 9. The Kier molecular flexibility index (Phi) is 9.94. The van der Waals surface area contributed by atoms with Crippen molar-refractivity contribution in [2.75, 3.05) is 26.3 Å². The number of hydrogen-bond donors (Lipinski definition) is 3. The average molecular weight is 637 g/mol. The van der Waals surface area contributed by atoms with Crippen LogP contribution < -0.4 is 10.6 Å². The van der Waals surface area contributed by atoms with Crippen molar-refractivity contribution in [2.45, 2.75) is 68.8 Å². The summed E-state index contributed by atoms with van der Waals surface area (Å²) in [4.78, 5) is 49.9. The van der Waals surface area contributed by atoms with Crippen LogP contribution in [0.2, 0.25) is 0 Å². The van der Waals surface area contributed by atoms with Crippen molar-refractivity contribution >= 4 is 29.8 Å². The fourth-order valence-corrected chi connectivity index (χ4v) is 5.60. The smallest absolute Gasteiger partial charge is 0.422 e. The number of esters is 2. The molecule has 1 saturated heterocycles. The predicted octanol–water partition coefficient (Wildman–Crippen LogP) is 2.58. The number of rotatable bonds is 13. The number of fused-ring (bicyclic) bond motifs is 1. The minimum Gasteiger partial charge on any atom is -0.456 e. The third-order valence-electron chi connectivity index (χ3n) is 7.94. The Bertz CT molecular complexity index is 1340. The Balaban J connectivity index is 1.27. The lowest BCUT2D eigenvalue weighted by Gasteiger charge is -2.31. The Hall–Kier alpha value is -3.75. The van der Waals surface area contributed by atoms with E-state index in [1.54, 1.807) is 12.1 Å². The van der Waals surface area contributed by atoms with Gasteiger partial charge in [-0.15, -0.1) is 0 Å². The minimum absolute atomic E-state index is 0.0143. The third-order valence-corrected chi connectivity index (χ3v) is 7.94. The van der Waals surface area contributed by atoms with E-state index in [0.717, 1.165) is 31.8 Å². The SMILES string of the molecule is O=C(CCNC(=O)C1=C[C@H]2OC(C3CC3)(C3CC3)O[C@H]2[C@H](OC(=O)c2cccc(C=CC(=O)OCC(F)(F)F)c2)C1)NCCO. The highest BCUT2D eigenvalue weighted by Crippen LogP contribution is 2.59. The molecule has 14 heteroatoms. The predicted molar refractivity (Wildman–Crippen MR) is 150 cm³/mol. The Labute approximate surface area is 257 Å². The highest BCUT2D eigenvalue weighted by Gasteiger charge is 2.64. The van der Waals surface area contributed by atoms with E-state index in [1.807, 2.05) is 0 Å². The first kappa shape index (κ1) is 32.6. The molecule has 0 unspecified atom stereocenters. The van der Waals surface area contributed by atoms with Crippen molar-refractivity contribution in [3.05, 3.63) is 53.1 Å². The first-order valence-corrected chi connectivity index (χ1v) is 14.9. The number of halogens is 3. The number of amides is 2. The zero-order chi connectivity index (χ0) is 32.2. The molecular formula is C31H35F3N2O9. The van der Waals surface area contributed by atoms with Gasteiger partial charge in [-0.3, -0.25) is 9.59 Å². The Morgan fingerprint density at radius 1 is 1.04 bits per heavy atom. The van der Waals surface area contributed by atoms with Gasteiger partial charge >= 0.3 is 18.1 Å². The molecule has 3 atom stereocenters. The topological polar surface area (TPSA) is 149 Å². The average Bonchev–Trinajstić information content (AvgIpc) is 3.95. The molecule has 4 aliphatic rings. The van der Waals surface area contributed by atoms with Crippen LogP contribution in [0.25, 0.3) is 6.08 Å². The maximum atomic E-state index is 13.3. The number of carbonyl (C=O) groups excluding carboxylic acids is 4. The summed E-state index contributed by atoms with van der Waals surface area (Å²) in [5, 5.41) is 14.1. The van der Waals surface area contributed by atoms with E-state index in [2.05, 4.69) is 15.4 Å². The maximum Gasteiger partial charge on any atom is 0.422 e. The molecule has 1 heterocycles. The van der Waals surface area contributed by atoms with Gasteiger partial charge in [0.1, 0.15) is 18.3 Å². The van der Waals surface area contributed by atoms with Crippen LogP contribution in [0.1, 0.15) is 54.4 Å². The highest BCUT2D eigenvalue weighted by atomic mass is 19.4. The summed E-state index contributed by atoms with van der Waals surface area (Å²) in [5.74, 6) is -3.02. The second-order valence-electron chi connectivity index (χ2n) is 11.5. The van der Waals surface area contributed by atoms with E-state index in [9.17, 15) is 32.3 Å². The first-order valence-electron chi connectivity index (χ1n) is 14.9. The first-order chi connectivity index (χ1) is 21.5. The van der Waals surface area contributed by atoms with Gasteiger partial charge in [0.05, 0.1) is 12.2 Å². The van der Waals surface area contributed by atoms with Gasteiger partial charge in [-0.1, -0.05) is 12.1 Å². The summed E-state index contributed by atoms with van der Waals surface area (Å²) in [6, 6.07) is 5.96. The summed E-state index contributed by atoms with van der Waals surface area (Å²) in [7, 11) is 0. The molecule has 1 aromatic rings. The van der Waals surface area contributed by atoms with Crippen LogP contribution in [0.3, 0.4) is 0 Å². The van der Waals surface area contributed by atoms with Crippen molar-refractivity contribution in [1.29, 1.82) is 0 Å². The summed E-state index contributed by atoms with van der Waals surface area (Å²) >= 11 is 0. The normalized spacial score (nSPS) is 24.0. The highest BCUT2D eigenvalue weighted by molar-refractivity contribution is 5.95. The number of carbonyl (C=O) groups is 4. The summed E-state index contributed by atoms with van der Waals surface area (Å²) in [6.45, 7) is -1.74. The van der Waals surface area contributed by atoms with Crippen molar-refractivity contribution < 1.29 is 56.4 Å². The van der Waals surface area contributed by atoms with Crippen LogP contribution >= 0.6 is 0 Å². The lowest BCUT2D eigenvalue weighted by Crippen LogP contribution is -2.44. The summed E-state index contributed by atoms with van der Waals surface area (Å²) in [6.07, 6.45) is 0.814. The fraction of sp³-hybridized carbons (Fsp3) is 0.548.